The number of anilines is 1. The van der Waals surface area contributed by atoms with E-state index in [-0.39, 0.29) is 49.6 Å². The summed E-state index contributed by atoms with van der Waals surface area (Å²) in [6, 6.07) is 15.4. The quantitative estimate of drug-likeness (QED) is 0.0201. The molecule has 7 N–H and O–H groups in total. The van der Waals surface area contributed by atoms with E-state index in [1.165, 1.54) is 42.5 Å². The summed E-state index contributed by atoms with van der Waals surface area (Å²) in [7, 11) is -4.69. The van der Waals surface area contributed by atoms with Gasteiger partial charge in [-0.2, -0.15) is 13.5 Å². The fraction of sp³-hybridized carbons (Fsp3) is 0. The van der Waals surface area contributed by atoms with Gasteiger partial charge in [0.1, 0.15) is 16.3 Å². The highest BCUT2D eigenvalue weighted by molar-refractivity contribution is 7.94. The van der Waals surface area contributed by atoms with Crippen LogP contribution in [0.4, 0.5) is 28.4 Å². The van der Waals surface area contributed by atoms with Gasteiger partial charge < -0.3 is 15.9 Å². The second kappa shape index (κ2) is 11.8. The van der Waals surface area contributed by atoms with Gasteiger partial charge in [-0.25, -0.2) is 5.26 Å². The van der Waals surface area contributed by atoms with E-state index in [0.29, 0.717) is 34.2 Å². The summed E-state index contributed by atoms with van der Waals surface area (Å²) in [6.45, 7) is 0. The average molecular weight is 663 g/mol. The minimum atomic E-state index is -4.69. The molecule has 16 nitrogen and oxygen atoms in total. The molecule has 0 bridgehead atoms. The number of carbonyl (C=O) groups excluding carboxylic acids is 2. The zero-order valence-corrected chi connectivity index (χ0v) is 24.4. The molecule has 5 aromatic rings. The van der Waals surface area contributed by atoms with Gasteiger partial charge >= 0.3 is 0 Å². The molecular weight excluding hydrogens is 644 g/mol. The lowest BCUT2D eigenvalue weighted by atomic mass is 10.1. The Kier molecular flexibility index (Phi) is 7.82. The van der Waals surface area contributed by atoms with E-state index < -0.39 is 32.6 Å². The number of phenols is 2. The Morgan fingerprint density at radius 2 is 1.50 bits per heavy atom. The summed E-state index contributed by atoms with van der Waals surface area (Å²) in [4.78, 5) is 23.2. The van der Waals surface area contributed by atoms with E-state index >= 15 is 0 Å². The molecule has 1 aliphatic rings. The summed E-state index contributed by atoms with van der Waals surface area (Å²) in [5.74, 6) is -1.63. The van der Waals surface area contributed by atoms with Gasteiger partial charge in [0.2, 0.25) is 0 Å². The number of amides is 2. The largest absolute Gasteiger partial charge is 0.508 e. The number of carbonyl (C=O) groups is 2. The molecular formula is C28H18N6O10S2. The summed E-state index contributed by atoms with van der Waals surface area (Å²) in [5.41, 5.74) is 6.58. The van der Waals surface area contributed by atoms with Crippen LogP contribution in [0.5, 0.6) is 11.5 Å². The van der Waals surface area contributed by atoms with Crippen LogP contribution in [0, 0.1) is 0 Å². The summed E-state index contributed by atoms with van der Waals surface area (Å²) < 4.78 is 37.5. The normalized spacial score (nSPS) is 13.3. The number of imide groups is 1. The van der Waals surface area contributed by atoms with E-state index in [9.17, 15) is 32.8 Å². The molecule has 0 saturated heterocycles. The monoisotopic (exact) mass is 662 g/mol. The Hall–Kier alpha value is -5.50. The van der Waals surface area contributed by atoms with Crippen molar-refractivity contribution in [3.8, 4) is 11.5 Å². The van der Waals surface area contributed by atoms with Crippen molar-refractivity contribution in [3.63, 3.8) is 0 Å². The second-order valence-corrected chi connectivity index (χ2v) is 11.8. The van der Waals surface area contributed by atoms with Gasteiger partial charge in [-0.3, -0.25) is 19.5 Å². The molecule has 0 fully saturated rings. The number of rotatable bonds is 8. The van der Waals surface area contributed by atoms with Crippen LogP contribution in [0.2, 0.25) is 0 Å². The molecule has 46 heavy (non-hydrogen) atoms. The number of nitrogen functional groups attached to an aromatic ring is 1. The van der Waals surface area contributed by atoms with Crippen LogP contribution >= 0.6 is 12.0 Å². The molecule has 5 aromatic carbocycles. The maximum atomic E-state index is 12.0. The van der Waals surface area contributed by atoms with Gasteiger partial charge in [0.05, 0.1) is 50.8 Å². The van der Waals surface area contributed by atoms with E-state index in [0.717, 1.165) is 12.1 Å². The molecule has 2 amide bonds. The van der Waals surface area contributed by atoms with Crippen molar-refractivity contribution in [2.24, 2.45) is 20.5 Å². The van der Waals surface area contributed by atoms with Crippen molar-refractivity contribution in [2.75, 3.05) is 5.73 Å². The number of hydrogen-bond acceptors (Lipinski definition) is 15. The molecule has 0 aliphatic carbocycles. The second-order valence-electron chi connectivity index (χ2n) is 9.63. The molecule has 0 radical (unpaired) electrons. The maximum absolute atomic E-state index is 12.0. The van der Waals surface area contributed by atoms with Crippen molar-refractivity contribution in [1.82, 2.24) is 5.32 Å². The van der Waals surface area contributed by atoms with Gasteiger partial charge in [-0.15, -0.1) is 19.7 Å². The maximum Gasteiger partial charge on any atom is 0.296 e. The highest BCUT2D eigenvalue weighted by Gasteiger charge is 2.26. The van der Waals surface area contributed by atoms with Gasteiger partial charge in [-0.1, -0.05) is 5.04 Å². The third-order valence-electron chi connectivity index (χ3n) is 6.82. The van der Waals surface area contributed by atoms with Crippen LogP contribution in [0.1, 0.15) is 20.7 Å². The number of nitrogens with zero attached hydrogens (tertiary/aromatic N) is 4. The molecule has 18 heteroatoms. The molecule has 0 saturated carbocycles. The lowest BCUT2D eigenvalue weighted by Crippen LogP contribution is -2.19. The number of nitrogens with one attached hydrogen (secondary N) is 1. The van der Waals surface area contributed by atoms with Gasteiger partial charge in [-0.05, 0) is 72.1 Å². The third kappa shape index (κ3) is 5.70. The van der Waals surface area contributed by atoms with E-state index in [1.807, 2.05) is 0 Å². The molecule has 6 rings (SSSR count). The molecule has 1 aliphatic heterocycles. The van der Waals surface area contributed by atoms with Crippen LogP contribution in [0.15, 0.2) is 97.0 Å². The molecule has 0 unspecified atom stereocenters. The fourth-order valence-electron chi connectivity index (χ4n) is 4.74. The molecule has 0 spiro atoms. The highest BCUT2D eigenvalue weighted by Crippen LogP contribution is 2.46. The van der Waals surface area contributed by atoms with Crippen molar-refractivity contribution >= 4 is 84.0 Å². The van der Waals surface area contributed by atoms with Crippen LogP contribution in [-0.4, -0.2) is 40.3 Å². The first-order chi connectivity index (χ1) is 21.9. The number of nitrogens with two attached hydrogens (primary N) is 1. The number of benzene rings is 5. The first-order valence-corrected chi connectivity index (χ1v) is 14.9. The summed E-state index contributed by atoms with van der Waals surface area (Å²) >= 11 is 0.409. The zero-order valence-electron chi connectivity index (χ0n) is 22.8. The molecule has 0 aromatic heterocycles. The predicted molar refractivity (Wildman–Crippen MR) is 163 cm³/mol. The number of phenolic OH excluding ortho intramolecular Hbond substituents is 2. The van der Waals surface area contributed by atoms with E-state index in [4.69, 9.17) is 11.0 Å². The van der Waals surface area contributed by atoms with Crippen molar-refractivity contribution in [2.45, 2.75) is 9.79 Å². The van der Waals surface area contributed by atoms with Crippen LogP contribution in [-0.2, 0) is 19.5 Å². The fourth-order valence-corrected chi connectivity index (χ4v) is 5.87. The van der Waals surface area contributed by atoms with E-state index in [1.54, 1.807) is 12.1 Å². The van der Waals surface area contributed by atoms with Crippen molar-refractivity contribution in [1.29, 1.82) is 0 Å². The Balaban J connectivity index is 1.41. The van der Waals surface area contributed by atoms with Crippen LogP contribution in [0.3, 0.4) is 0 Å². The van der Waals surface area contributed by atoms with Gasteiger partial charge in [0.25, 0.3) is 21.9 Å². The number of fused-ring (bicyclic) bond motifs is 3. The lowest BCUT2D eigenvalue weighted by molar-refractivity contribution is -0.432. The van der Waals surface area contributed by atoms with Gasteiger partial charge in [0, 0.05) is 16.2 Å². The smallest absolute Gasteiger partial charge is 0.296 e. The standard InChI is InChI=1S/C28H18N6O10S2/c29-20-11-17-12(8-24(20)46(40,41)42)7-23(45-44-43-39)25(26(17)36)34-33-22-6-5-21(15-4-2-14(35)10-18(15)22)32-31-13-1-3-16-19(9-13)28(38)30-27(16)37/h1-11,35-36,39H,29H2,(H,30,37,38)(H,40,41,42). The Morgan fingerprint density at radius 3 is 2.24 bits per heavy atom. The van der Waals surface area contributed by atoms with Crippen molar-refractivity contribution < 1.29 is 47.4 Å². The molecule has 1 heterocycles. The van der Waals surface area contributed by atoms with Gasteiger partial charge in [0.15, 0.2) is 5.75 Å². The molecule has 232 valence electrons. The third-order valence-corrected chi connectivity index (χ3v) is 8.35. The topological polar surface area (TPSA) is 255 Å². The first-order valence-electron chi connectivity index (χ1n) is 12.7. The SMILES string of the molecule is Nc1cc2c(O)c(N=Nc3ccc(N=Nc4ccc5c(c4)C(=O)NC5=O)c4ccc(O)cc34)c(SOOO)cc2cc1S(=O)(=O)O. The summed E-state index contributed by atoms with van der Waals surface area (Å²) in [5, 5.41) is 53.8. The zero-order chi connectivity index (χ0) is 32.7. The minimum absolute atomic E-state index is 0.0103. The van der Waals surface area contributed by atoms with Crippen LogP contribution < -0.4 is 11.1 Å². The first kappa shape index (κ1) is 30.5. The highest BCUT2D eigenvalue weighted by atomic mass is 32.2. The minimum Gasteiger partial charge on any atom is -0.508 e. The number of azo groups is 2. The average Bonchev–Trinajstić information content (AvgIpc) is 3.30. The lowest BCUT2D eigenvalue weighted by Gasteiger charge is -2.11. The summed E-state index contributed by atoms with van der Waals surface area (Å²) in [6.07, 6.45) is 0. The Morgan fingerprint density at radius 1 is 0.783 bits per heavy atom. The Labute approximate surface area is 261 Å². The molecule has 0 atom stereocenters. The number of aromatic hydroxyl groups is 2. The predicted octanol–water partition coefficient (Wildman–Crippen LogP) is 6.38. The van der Waals surface area contributed by atoms with Crippen LogP contribution in [0.25, 0.3) is 21.5 Å². The Bertz CT molecular complexity index is 2290. The van der Waals surface area contributed by atoms with E-state index in [2.05, 4.69) is 35.1 Å². The number of hydrogen-bond donors (Lipinski definition) is 6. The van der Waals surface area contributed by atoms with Crippen molar-refractivity contribution in [3.05, 3.63) is 77.9 Å².